The van der Waals surface area contributed by atoms with Crippen LogP contribution in [0.1, 0.15) is 31.8 Å². The average Bonchev–Trinajstić information content (AvgIpc) is 2.76. The molecule has 0 saturated carbocycles. The summed E-state index contributed by atoms with van der Waals surface area (Å²) >= 11 is 0. The summed E-state index contributed by atoms with van der Waals surface area (Å²) in [6.45, 7) is 0. The third kappa shape index (κ3) is 2.76. The van der Waals surface area contributed by atoms with E-state index < -0.39 is 23.6 Å². The van der Waals surface area contributed by atoms with E-state index in [-0.39, 0.29) is 22.4 Å². The van der Waals surface area contributed by atoms with Gasteiger partial charge in [-0.05, 0) is 42.0 Å². The lowest BCUT2D eigenvalue weighted by molar-refractivity contribution is -0.137. The Hall–Kier alpha value is -3.09. The molecule has 0 unspecified atom stereocenters. The highest BCUT2D eigenvalue weighted by atomic mass is 19.4. The molecular weight excluding hydrogens is 321 g/mol. The molecule has 1 aliphatic rings. The molecule has 3 rings (SSSR count). The van der Waals surface area contributed by atoms with Crippen LogP contribution in [-0.2, 0) is 6.18 Å². The molecule has 0 aliphatic carbocycles. The number of nitrogens with zero attached hydrogens (tertiary/aromatic N) is 1. The molecule has 2 amide bonds. The monoisotopic (exact) mass is 332 g/mol. The van der Waals surface area contributed by atoms with Crippen molar-refractivity contribution in [2.45, 2.75) is 6.18 Å². The molecule has 7 heteroatoms. The maximum absolute atomic E-state index is 12.8. The molecule has 0 spiro atoms. The first kappa shape index (κ1) is 15.8. The van der Waals surface area contributed by atoms with Crippen LogP contribution in [-0.4, -0.2) is 16.7 Å². The maximum Gasteiger partial charge on any atom is 0.416 e. The average molecular weight is 332 g/mol. The van der Waals surface area contributed by atoms with E-state index >= 15 is 0 Å². The SMILES string of the molecule is Nc1cc(/C=C/N2C(=O)c3ccccc3C2=O)cc(C(F)(F)F)c1. The molecule has 4 nitrogen and oxygen atoms in total. The van der Waals surface area contributed by atoms with Gasteiger partial charge in [-0.1, -0.05) is 12.1 Å². The van der Waals surface area contributed by atoms with Crippen molar-refractivity contribution in [3.05, 3.63) is 70.9 Å². The van der Waals surface area contributed by atoms with Gasteiger partial charge in [0.25, 0.3) is 11.8 Å². The van der Waals surface area contributed by atoms with E-state index in [2.05, 4.69) is 0 Å². The number of rotatable bonds is 2. The second-order valence-corrected chi connectivity index (χ2v) is 5.23. The van der Waals surface area contributed by atoms with Gasteiger partial charge >= 0.3 is 6.18 Å². The van der Waals surface area contributed by atoms with E-state index in [1.54, 1.807) is 12.1 Å². The van der Waals surface area contributed by atoms with E-state index in [9.17, 15) is 22.8 Å². The van der Waals surface area contributed by atoms with Crippen LogP contribution in [0.2, 0.25) is 0 Å². The molecule has 0 fully saturated rings. The Bertz CT molecular complexity index is 837. The van der Waals surface area contributed by atoms with Crippen molar-refractivity contribution in [1.29, 1.82) is 0 Å². The molecule has 0 atom stereocenters. The van der Waals surface area contributed by atoms with Crippen LogP contribution in [0.3, 0.4) is 0 Å². The molecule has 2 aromatic carbocycles. The molecule has 2 aromatic rings. The Labute approximate surface area is 135 Å². The standard InChI is InChI=1S/C17H11F3N2O2/c18-17(19,20)11-7-10(8-12(21)9-11)5-6-22-15(23)13-3-1-2-4-14(13)16(22)24/h1-9H,21H2/b6-5+. The number of imide groups is 1. The predicted octanol–water partition coefficient (Wildman–Crippen LogP) is 3.55. The van der Waals surface area contributed by atoms with Crippen LogP contribution in [0.25, 0.3) is 6.08 Å². The molecule has 0 bridgehead atoms. The number of amides is 2. The van der Waals surface area contributed by atoms with Crippen LogP contribution >= 0.6 is 0 Å². The van der Waals surface area contributed by atoms with E-state index in [0.717, 1.165) is 23.2 Å². The lowest BCUT2D eigenvalue weighted by Crippen LogP contribution is -2.23. The zero-order valence-corrected chi connectivity index (χ0v) is 12.2. The second-order valence-electron chi connectivity index (χ2n) is 5.23. The Morgan fingerprint density at radius 3 is 2.08 bits per heavy atom. The van der Waals surface area contributed by atoms with Crippen molar-refractivity contribution in [2.24, 2.45) is 0 Å². The van der Waals surface area contributed by atoms with Gasteiger partial charge < -0.3 is 5.73 Å². The Morgan fingerprint density at radius 2 is 1.54 bits per heavy atom. The number of anilines is 1. The fourth-order valence-electron chi connectivity index (χ4n) is 2.44. The number of hydrogen-bond donors (Lipinski definition) is 1. The molecule has 0 aromatic heterocycles. The number of hydrogen-bond acceptors (Lipinski definition) is 3. The number of carbonyl (C=O) groups is 2. The summed E-state index contributed by atoms with van der Waals surface area (Å²) < 4.78 is 38.4. The van der Waals surface area contributed by atoms with E-state index in [4.69, 9.17) is 5.73 Å². The van der Waals surface area contributed by atoms with Gasteiger partial charge in [0.15, 0.2) is 0 Å². The first-order valence-electron chi connectivity index (χ1n) is 6.90. The van der Waals surface area contributed by atoms with Gasteiger partial charge in [-0.2, -0.15) is 13.2 Å². The van der Waals surface area contributed by atoms with Gasteiger partial charge in [-0.25, -0.2) is 4.90 Å². The summed E-state index contributed by atoms with van der Waals surface area (Å²) in [4.78, 5) is 25.2. The molecule has 24 heavy (non-hydrogen) atoms. The van der Waals surface area contributed by atoms with Gasteiger partial charge in [0.05, 0.1) is 16.7 Å². The smallest absolute Gasteiger partial charge is 0.399 e. The van der Waals surface area contributed by atoms with Gasteiger partial charge in [-0.3, -0.25) is 9.59 Å². The largest absolute Gasteiger partial charge is 0.416 e. The van der Waals surface area contributed by atoms with E-state index in [1.807, 2.05) is 0 Å². The fourth-order valence-corrected chi connectivity index (χ4v) is 2.44. The first-order chi connectivity index (χ1) is 11.3. The highest BCUT2D eigenvalue weighted by Crippen LogP contribution is 2.32. The number of carbonyl (C=O) groups excluding carboxylic acids is 2. The minimum absolute atomic E-state index is 0.0631. The van der Waals surface area contributed by atoms with E-state index in [0.29, 0.717) is 0 Å². The molecule has 1 heterocycles. The Balaban J connectivity index is 1.92. The zero-order valence-electron chi connectivity index (χ0n) is 12.2. The van der Waals surface area contributed by atoms with Crippen molar-refractivity contribution in [3.8, 4) is 0 Å². The molecule has 2 N–H and O–H groups in total. The number of halogens is 3. The minimum Gasteiger partial charge on any atom is -0.399 e. The lowest BCUT2D eigenvalue weighted by atomic mass is 10.1. The number of benzene rings is 2. The van der Waals surface area contributed by atoms with Gasteiger partial charge in [0.2, 0.25) is 0 Å². The maximum atomic E-state index is 12.8. The Kier molecular flexibility index (Phi) is 3.63. The first-order valence-corrected chi connectivity index (χ1v) is 6.90. The zero-order chi connectivity index (χ0) is 17.5. The van der Waals surface area contributed by atoms with Crippen LogP contribution in [0.15, 0.2) is 48.7 Å². The van der Waals surface area contributed by atoms with Crippen LogP contribution < -0.4 is 5.73 Å². The lowest BCUT2D eigenvalue weighted by Gasteiger charge is -2.10. The van der Waals surface area contributed by atoms with Gasteiger partial charge in [0, 0.05) is 11.9 Å². The normalized spacial score (nSPS) is 14.5. The molecular formula is C17H11F3N2O2. The summed E-state index contributed by atoms with van der Waals surface area (Å²) in [5, 5.41) is 0. The van der Waals surface area contributed by atoms with Crippen LogP contribution in [0, 0.1) is 0 Å². The Morgan fingerprint density at radius 1 is 0.958 bits per heavy atom. The molecule has 0 radical (unpaired) electrons. The summed E-state index contributed by atoms with van der Waals surface area (Å²) in [6.07, 6.45) is -2.14. The molecule has 0 saturated heterocycles. The van der Waals surface area contributed by atoms with Crippen molar-refractivity contribution < 1.29 is 22.8 Å². The summed E-state index contributed by atoms with van der Waals surface area (Å²) in [5.74, 6) is -1.04. The summed E-state index contributed by atoms with van der Waals surface area (Å²) in [7, 11) is 0. The second kappa shape index (κ2) is 5.52. The summed E-state index contributed by atoms with van der Waals surface area (Å²) in [6, 6.07) is 9.33. The van der Waals surface area contributed by atoms with Crippen molar-refractivity contribution in [1.82, 2.24) is 4.90 Å². The number of nitrogens with two attached hydrogens (primary N) is 1. The molecule has 122 valence electrons. The fraction of sp³-hybridized carbons (Fsp3) is 0.0588. The highest BCUT2D eigenvalue weighted by Gasteiger charge is 2.34. The molecule has 1 aliphatic heterocycles. The highest BCUT2D eigenvalue weighted by molar-refractivity contribution is 6.22. The van der Waals surface area contributed by atoms with E-state index in [1.165, 1.54) is 24.3 Å². The van der Waals surface area contributed by atoms with Crippen LogP contribution in [0.5, 0.6) is 0 Å². The topological polar surface area (TPSA) is 63.4 Å². The predicted molar refractivity (Wildman–Crippen MR) is 81.8 cm³/mol. The number of nitrogen functional groups attached to an aromatic ring is 1. The van der Waals surface area contributed by atoms with Crippen molar-refractivity contribution in [2.75, 3.05) is 5.73 Å². The van der Waals surface area contributed by atoms with Gasteiger partial charge in [0.1, 0.15) is 0 Å². The quantitative estimate of drug-likeness (QED) is 0.676. The van der Waals surface area contributed by atoms with Crippen molar-refractivity contribution in [3.63, 3.8) is 0 Å². The van der Waals surface area contributed by atoms with Crippen LogP contribution in [0.4, 0.5) is 18.9 Å². The summed E-state index contributed by atoms with van der Waals surface area (Å²) in [5.41, 5.74) is 5.18. The number of alkyl halides is 3. The van der Waals surface area contributed by atoms with Crippen molar-refractivity contribution >= 4 is 23.6 Å². The van der Waals surface area contributed by atoms with Gasteiger partial charge in [-0.15, -0.1) is 0 Å². The third-order valence-electron chi connectivity index (χ3n) is 3.55. The number of fused-ring (bicyclic) bond motifs is 1. The minimum atomic E-state index is -4.53. The third-order valence-corrected chi connectivity index (χ3v) is 3.55.